The van der Waals surface area contributed by atoms with Gasteiger partial charge in [-0.2, -0.15) is 0 Å². The van der Waals surface area contributed by atoms with Gasteiger partial charge in [0.15, 0.2) is 0 Å². The number of benzene rings is 1. The van der Waals surface area contributed by atoms with E-state index in [9.17, 15) is 4.79 Å². The predicted molar refractivity (Wildman–Crippen MR) is 51.3 cm³/mol. The molecule has 0 bridgehead atoms. The van der Waals surface area contributed by atoms with Crippen LogP contribution in [-0.2, 0) is 14.6 Å². The predicted octanol–water partition coefficient (Wildman–Crippen LogP) is 1.05. The minimum atomic E-state index is -0.173. The number of rotatable bonds is 6. The Morgan fingerprint density at radius 2 is 2.14 bits per heavy atom. The summed E-state index contributed by atoms with van der Waals surface area (Å²) in [6.45, 7) is 0.291. The van der Waals surface area contributed by atoms with Crippen LogP contribution in [0.15, 0.2) is 30.3 Å². The molecule has 1 aromatic rings. The molecule has 14 heavy (non-hydrogen) atoms. The molecule has 1 rings (SSSR count). The molecule has 0 fully saturated rings. The van der Waals surface area contributed by atoms with Crippen molar-refractivity contribution in [1.29, 1.82) is 0 Å². The number of carbonyl (C=O) groups excluding carboxylic acids is 1. The molecule has 4 heteroatoms. The molecule has 0 aliphatic carbocycles. The van der Waals surface area contributed by atoms with Crippen molar-refractivity contribution in [3.8, 4) is 0 Å². The van der Waals surface area contributed by atoms with Crippen LogP contribution >= 0.6 is 0 Å². The van der Waals surface area contributed by atoms with E-state index in [1.807, 2.05) is 30.3 Å². The molecule has 1 amide bonds. The van der Waals surface area contributed by atoms with Crippen LogP contribution in [0.3, 0.4) is 0 Å². The monoisotopic (exact) mass is 195 g/mol. The van der Waals surface area contributed by atoms with Gasteiger partial charge in [-0.05, 0) is 5.56 Å². The highest BCUT2D eigenvalue weighted by molar-refractivity contribution is 5.47. The summed E-state index contributed by atoms with van der Waals surface area (Å²) < 4.78 is 0. The summed E-state index contributed by atoms with van der Waals surface area (Å²) in [4.78, 5) is 19.6. The molecule has 0 aliphatic rings. The Balaban J connectivity index is 2.62. The average Bonchev–Trinajstić information content (AvgIpc) is 2.25. The first-order chi connectivity index (χ1) is 6.88. The summed E-state index contributed by atoms with van der Waals surface area (Å²) in [5, 5.41) is 2.65. The van der Waals surface area contributed by atoms with E-state index >= 15 is 0 Å². The molecule has 76 valence electrons. The van der Waals surface area contributed by atoms with Crippen molar-refractivity contribution in [1.82, 2.24) is 5.32 Å². The second-order valence-corrected chi connectivity index (χ2v) is 2.70. The normalized spacial score (nSPS) is 12.1. The first-order valence-electron chi connectivity index (χ1n) is 4.28. The molecule has 1 atom stereocenters. The van der Waals surface area contributed by atoms with Crippen LogP contribution < -0.4 is 5.32 Å². The third-order valence-electron chi connectivity index (χ3n) is 1.82. The van der Waals surface area contributed by atoms with Crippen LogP contribution in [0.2, 0.25) is 0 Å². The van der Waals surface area contributed by atoms with Crippen molar-refractivity contribution in [2.24, 2.45) is 0 Å². The molecule has 1 N–H and O–H groups in total. The summed E-state index contributed by atoms with van der Waals surface area (Å²) in [6, 6.07) is 9.39. The maximum atomic E-state index is 10.3. The fourth-order valence-electron chi connectivity index (χ4n) is 1.14. The molecule has 0 radical (unpaired) electrons. The van der Waals surface area contributed by atoms with E-state index in [1.165, 1.54) is 7.11 Å². The van der Waals surface area contributed by atoms with Gasteiger partial charge in [0.05, 0.1) is 13.2 Å². The quantitative estimate of drug-likeness (QED) is 0.419. The fraction of sp³-hybridized carbons (Fsp3) is 0.300. The second kappa shape index (κ2) is 6.12. The van der Waals surface area contributed by atoms with Gasteiger partial charge >= 0.3 is 0 Å². The van der Waals surface area contributed by atoms with Gasteiger partial charge in [0.25, 0.3) is 0 Å². The molecule has 0 heterocycles. The Morgan fingerprint density at radius 3 is 2.71 bits per heavy atom. The van der Waals surface area contributed by atoms with Gasteiger partial charge in [-0.3, -0.25) is 4.79 Å². The third kappa shape index (κ3) is 3.16. The molecule has 1 unspecified atom stereocenters. The summed E-state index contributed by atoms with van der Waals surface area (Å²) in [6.07, 6.45) is 0.649. The second-order valence-electron chi connectivity index (χ2n) is 2.70. The van der Waals surface area contributed by atoms with E-state index in [0.717, 1.165) is 5.56 Å². The van der Waals surface area contributed by atoms with E-state index < -0.39 is 0 Å². The molecule has 1 aromatic carbocycles. The Kier molecular flexibility index (Phi) is 4.68. The smallest absolute Gasteiger partial charge is 0.207 e. The molecular weight excluding hydrogens is 182 g/mol. The van der Waals surface area contributed by atoms with Crippen LogP contribution in [-0.4, -0.2) is 20.1 Å². The van der Waals surface area contributed by atoms with Gasteiger partial charge in [-0.15, -0.1) is 0 Å². The first-order valence-corrected chi connectivity index (χ1v) is 4.28. The zero-order chi connectivity index (χ0) is 10.2. The van der Waals surface area contributed by atoms with E-state index in [4.69, 9.17) is 4.89 Å². The van der Waals surface area contributed by atoms with Crippen molar-refractivity contribution in [3.05, 3.63) is 35.9 Å². The van der Waals surface area contributed by atoms with Crippen LogP contribution in [0.5, 0.6) is 0 Å². The number of carbonyl (C=O) groups is 1. The lowest BCUT2D eigenvalue weighted by molar-refractivity contribution is -0.276. The maximum absolute atomic E-state index is 10.3. The Bertz CT molecular complexity index is 263. The highest BCUT2D eigenvalue weighted by Gasteiger charge is 2.09. The molecule has 0 saturated heterocycles. The van der Waals surface area contributed by atoms with Gasteiger partial charge in [0, 0.05) is 0 Å². The minimum Gasteiger partial charge on any atom is -0.349 e. The first kappa shape index (κ1) is 10.7. The minimum absolute atomic E-state index is 0.173. The Labute approximate surface area is 82.8 Å². The lowest BCUT2D eigenvalue weighted by atomic mass is 10.1. The molecule has 0 saturated carbocycles. The molecular formula is C10H13NO3. The van der Waals surface area contributed by atoms with Crippen molar-refractivity contribution in [3.63, 3.8) is 0 Å². The van der Waals surface area contributed by atoms with E-state index in [-0.39, 0.29) is 6.04 Å². The van der Waals surface area contributed by atoms with Crippen molar-refractivity contribution < 1.29 is 14.6 Å². The van der Waals surface area contributed by atoms with Gasteiger partial charge < -0.3 is 5.32 Å². The largest absolute Gasteiger partial charge is 0.349 e. The van der Waals surface area contributed by atoms with Gasteiger partial charge in [-0.1, -0.05) is 30.3 Å². The number of hydrogen-bond donors (Lipinski definition) is 1. The summed E-state index contributed by atoms with van der Waals surface area (Å²) >= 11 is 0. The van der Waals surface area contributed by atoms with E-state index in [2.05, 4.69) is 10.2 Å². The SMILES string of the molecule is COOCC(NC=O)c1ccccc1. The number of nitrogens with one attached hydrogen (secondary N) is 1. The van der Waals surface area contributed by atoms with Crippen molar-refractivity contribution >= 4 is 6.41 Å². The zero-order valence-electron chi connectivity index (χ0n) is 7.97. The Hall–Kier alpha value is -1.39. The van der Waals surface area contributed by atoms with Crippen LogP contribution in [0.1, 0.15) is 11.6 Å². The van der Waals surface area contributed by atoms with Gasteiger partial charge in [0.2, 0.25) is 6.41 Å². The van der Waals surface area contributed by atoms with Crippen LogP contribution in [0.4, 0.5) is 0 Å². The molecule has 0 aromatic heterocycles. The molecule has 4 nitrogen and oxygen atoms in total. The maximum Gasteiger partial charge on any atom is 0.207 e. The van der Waals surface area contributed by atoms with Crippen LogP contribution in [0, 0.1) is 0 Å². The highest BCUT2D eigenvalue weighted by Crippen LogP contribution is 2.11. The van der Waals surface area contributed by atoms with E-state index in [0.29, 0.717) is 13.0 Å². The fourth-order valence-corrected chi connectivity index (χ4v) is 1.14. The Morgan fingerprint density at radius 1 is 1.43 bits per heavy atom. The molecule has 0 aliphatic heterocycles. The topological polar surface area (TPSA) is 47.6 Å². The number of hydrogen-bond acceptors (Lipinski definition) is 3. The summed E-state index contributed by atoms with van der Waals surface area (Å²) in [7, 11) is 1.43. The standard InChI is InChI=1S/C10H13NO3/c1-13-14-7-10(11-8-12)9-5-3-2-4-6-9/h2-6,8,10H,7H2,1H3,(H,11,12). The third-order valence-corrected chi connectivity index (χ3v) is 1.82. The van der Waals surface area contributed by atoms with Gasteiger partial charge in [-0.25, -0.2) is 9.78 Å². The van der Waals surface area contributed by atoms with E-state index in [1.54, 1.807) is 0 Å². The average molecular weight is 195 g/mol. The highest BCUT2D eigenvalue weighted by atomic mass is 17.2. The molecule has 0 spiro atoms. The number of amides is 1. The lowest BCUT2D eigenvalue weighted by Gasteiger charge is -2.14. The summed E-state index contributed by atoms with van der Waals surface area (Å²) in [5.74, 6) is 0. The van der Waals surface area contributed by atoms with Crippen LogP contribution in [0.25, 0.3) is 0 Å². The summed E-state index contributed by atoms with van der Waals surface area (Å²) in [5.41, 5.74) is 0.983. The van der Waals surface area contributed by atoms with Crippen molar-refractivity contribution in [2.45, 2.75) is 6.04 Å². The van der Waals surface area contributed by atoms with Gasteiger partial charge in [0.1, 0.15) is 6.61 Å². The van der Waals surface area contributed by atoms with Crippen molar-refractivity contribution in [2.75, 3.05) is 13.7 Å². The lowest BCUT2D eigenvalue weighted by Crippen LogP contribution is -2.24. The zero-order valence-corrected chi connectivity index (χ0v) is 7.97.